The van der Waals surface area contributed by atoms with Crippen molar-refractivity contribution in [3.63, 3.8) is 0 Å². The first kappa shape index (κ1) is 30.8. The molecule has 6 rings (SSSR count). The van der Waals surface area contributed by atoms with Crippen LogP contribution in [0.5, 0.6) is 11.6 Å². The van der Waals surface area contributed by atoms with Gasteiger partial charge in [-0.05, 0) is 44.4 Å². The molecule has 2 aromatic carbocycles. The van der Waals surface area contributed by atoms with Crippen LogP contribution in [0.2, 0.25) is 0 Å². The molecule has 45 heavy (non-hydrogen) atoms. The van der Waals surface area contributed by atoms with Crippen molar-refractivity contribution in [3.05, 3.63) is 82.1 Å². The van der Waals surface area contributed by atoms with Gasteiger partial charge >= 0.3 is 0 Å². The largest absolute Gasteiger partial charge is 0.435 e. The summed E-state index contributed by atoms with van der Waals surface area (Å²) in [6.45, 7) is 8.14. The highest BCUT2D eigenvalue weighted by molar-refractivity contribution is 7.17. The summed E-state index contributed by atoms with van der Waals surface area (Å²) in [5, 5.41) is 24.4. The summed E-state index contributed by atoms with van der Waals surface area (Å²) < 4.78 is 26.5. The number of pyridine rings is 1. The van der Waals surface area contributed by atoms with E-state index in [4.69, 9.17) is 14.5 Å². The lowest BCUT2D eigenvalue weighted by Crippen LogP contribution is -2.38. The lowest BCUT2D eigenvalue weighted by molar-refractivity contribution is -0.124. The maximum Gasteiger partial charge on any atom is 0.282 e. The summed E-state index contributed by atoms with van der Waals surface area (Å²) >= 11 is 0.986. The minimum Gasteiger partial charge on any atom is -0.435 e. The van der Waals surface area contributed by atoms with E-state index in [9.17, 15) is 14.7 Å². The SMILES string of the molecule is CC(C)(O)c1ccc(-c2ccc3c(n2)Oc2c(F)cccc2[C@@H]3C(C)(C)C(=O)Nc2nnc(C(=O)NC3CCOCC3)s2)cc1. The summed E-state index contributed by atoms with van der Waals surface area (Å²) in [4.78, 5) is 31.3. The molecule has 2 aliphatic rings. The van der Waals surface area contributed by atoms with Gasteiger partial charge in [-0.15, -0.1) is 10.2 Å². The number of halogens is 1. The summed E-state index contributed by atoms with van der Waals surface area (Å²) in [6, 6.07) is 15.7. The highest BCUT2D eigenvalue weighted by Gasteiger charge is 2.45. The van der Waals surface area contributed by atoms with Crippen molar-refractivity contribution in [2.75, 3.05) is 18.5 Å². The molecule has 4 aromatic rings. The van der Waals surface area contributed by atoms with Crippen LogP contribution < -0.4 is 15.4 Å². The summed E-state index contributed by atoms with van der Waals surface area (Å²) in [5.41, 5.74) is 1.15. The fraction of sp³-hybridized carbons (Fsp3) is 0.364. The number of nitrogens with zero attached hydrogens (tertiary/aromatic N) is 3. The van der Waals surface area contributed by atoms with E-state index in [1.165, 1.54) is 6.07 Å². The second-order valence-electron chi connectivity index (χ2n) is 12.4. The van der Waals surface area contributed by atoms with E-state index < -0.39 is 28.7 Å². The van der Waals surface area contributed by atoms with Crippen LogP contribution in [-0.4, -0.2) is 51.4 Å². The van der Waals surface area contributed by atoms with Gasteiger partial charge in [0.15, 0.2) is 11.6 Å². The first-order chi connectivity index (χ1) is 21.4. The Morgan fingerprint density at radius 2 is 1.71 bits per heavy atom. The fourth-order valence-corrected chi connectivity index (χ4v) is 6.35. The molecule has 2 aliphatic heterocycles. The molecule has 3 N–H and O–H groups in total. The van der Waals surface area contributed by atoms with E-state index in [2.05, 4.69) is 20.8 Å². The molecule has 0 saturated carbocycles. The van der Waals surface area contributed by atoms with Crippen molar-refractivity contribution in [1.82, 2.24) is 20.5 Å². The number of ether oxygens (including phenoxy) is 2. The highest BCUT2D eigenvalue weighted by Crippen LogP contribution is 2.52. The molecule has 0 unspecified atom stereocenters. The Morgan fingerprint density at radius 1 is 0.978 bits per heavy atom. The topological polar surface area (TPSA) is 136 Å². The Balaban J connectivity index is 1.28. The van der Waals surface area contributed by atoms with E-state index in [0.29, 0.717) is 30.0 Å². The van der Waals surface area contributed by atoms with E-state index in [0.717, 1.165) is 35.3 Å². The van der Waals surface area contributed by atoms with Gasteiger partial charge in [-0.3, -0.25) is 9.59 Å². The number of nitrogens with one attached hydrogen (secondary N) is 2. The molecule has 12 heteroatoms. The van der Waals surface area contributed by atoms with Crippen LogP contribution in [-0.2, 0) is 15.1 Å². The van der Waals surface area contributed by atoms with Crippen molar-refractivity contribution < 1.29 is 28.6 Å². The third-order valence-corrected chi connectivity index (χ3v) is 9.14. The first-order valence-electron chi connectivity index (χ1n) is 14.8. The van der Waals surface area contributed by atoms with Crippen molar-refractivity contribution in [3.8, 4) is 22.9 Å². The zero-order chi connectivity index (χ0) is 31.9. The molecule has 0 spiro atoms. The van der Waals surface area contributed by atoms with Crippen molar-refractivity contribution >= 4 is 28.3 Å². The molecule has 2 aromatic heterocycles. The predicted molar refractivity (Wildman–Crippen MR) is 167 cm³/mol. The number of rotatable bonds is 7. The average molecular weight is 632 g/mol. The molecule has 1 atom stereocenters. The van der Waals surface area contributed by atoms with E-state index in [-0.39, 0.29) is 33.7 Å². The van der Waals surface area contributed by atoms with Gasteiger partial charge in [-0.2, -0.15) is 0 Å². The van der Waals surface area contributed by atoms with Gasteiger partial charge in [0, 0.05) is 41.9 Å². The van der Waals surface area contributed by atoms with Gasteiger partial charge < -0.3 is 25.2 Å². The van der Waals surface area contributed by atoms with Gasteiger partial charge in [-0.1, -0.05) is 67.6 Å². The summed E-state index contributed by atoms with van der Waals surface area (Å²) in [6.07, 6.45) is 1.45. The standard InChI is InChI=1S/C33H34FN5O5S/c1-32(2,30(41)37-31-39-38-29(45-31)27(40)35-20-14-16-43-17-15-20)25-21-6-5-7-23(34)26(21)44-28-22(25)12-13-24(36-28)18-8-10-19(11-9-18)33(3,4)42/h5-13,20,25,42H,14-17H2,1-4H3,(H,35,40)(H,37,39,41)/t25-/m0/s1. The lowest BCUT2D eigenvalue weighted by Gasteiger charge is -2.37. The van der Waals surface area contributed by atoms with Crippen LogP contribution in [0.1, 0.15) is 72.9 Å². The second-order valence-corrected chi connectivity index (χ2v) is 13.3. The second kappa shape index (κ2) is 11.9. The van der Waals surface area contributed by atoms with E-state index in [1.54, 1.807) is 39.8 Å². The van der Waals surface area contributed by atoms with Crippen LogP contribution in [0.3, 0.4) is 0 Å². The minimum absolute atomic E-state index is 0.00218. The van der Waals surface area contributed by atoms with E-state index in [1.807, 2.05) is 36.4 Å². The maximum atomic E-state index is 15.2. The molecule has 0 aliphatic carbocycles. The third-order valence-electron chi connectivity index (χ3n) is 8.30. The predicted octanol–water partition coefficient (Wildman–Crippen LogP) is 5.78. The maximum absolute atomic E-state index is 15.2. The lowest BCUT2D eigenvalue weighted by atomic mass is 9.69. The van der Waals surface area contributed by atoms with Crippen LogP contribution in [0.15, 0.2) is 54.6 Å². The minimum atomic E-state index is -1.14. The number of carbonyl (C=O) groups is 2. The molecule has 1 fully saturated rings. The molecule has 0 radical (unpaired) electrons. The van der Waals surface area contributed by atoms with Crippen molar-refractivity contribution in [1.29, 1.82) is 0 Å². The van der Waals surface area contributed by atoms with E-state index >= 15 is 4.39 Å². The van der Waals surface area contributed by atoms with Gasteiger partial charge in [0.05, 0.1) is 16.7 Å². The molecule has 0 bridgehead atoms. The molecular weight excluding hydrogens is 597 g/mol. The molecule has 1 saturated heterocycles. The summed E-state index contributed by atoms with van der Waals surface area (Å²) in [7, 11) is 0. The van der Waals surface area contributed by atoms with Crippen molar-refractivity contribution in [2.45, 2.75) is 58.1 Å². The Kier molecular flexibility index (Phi) is 8.14. The molecule has 10 nitrogen and oxygen atoms in total. The van der Waals surface area contributed by atoms with Crippen molar-refractivity contribution in [2.24, 2.45) is 5.41 Å². The Hall–Kier alpha value is -4.26. The number of benzene rings is 2. The number of aliphatic hydroxyl groups is 1. The number of aromatic nitrogens is 3. The fourth-order valence-electron chi connectivity index (χ4n) is 5.71. The number of carbonyl (C=O) groups excluding carboxylic acids is 2. The molecule has 234 valence electrons. The first-order valence-corrected chi connectivity index (χ1v) is 15.6. The smallest absolute Gasteiger partial charge is 0.282 e. The Bertz CT molecular complexity index is 1750. The third kappa shape index (κ3) is 6.18. The molecule has 4 heterocycles. The summed E-state index contributed by atoms with van der Waals surface area (Å²) in [5.74, 6) is -1.72. The van der Waals surface area contributed by atoms with Crippen LogP contribution in [0.25, 0.3) is 11.3 Å². The number of amides is 2. The number of hydrogen-bond acceptors (Lipinski definition) is 9. The van der Waals surface area contributed by atoms with Crippen LogP contribution >= 0.6 is 11.3 Å². The average Bonchev–Trinajstić information content (AvgIpc) is 3.49. The molecular formula is C33H34FN5O5S. The van der Waals surface area contributed by atoms with Gasteiger partial charge in [0.1, 0.15) is 0 Å². The Labute approximate surface area is 264 Å². The Morgan fingerprint density at radius 3 is 2.42 bits per heavy atom. The highest BCUT2D eigenvalue weighted by atomic mass is 32.1. The quantitative estimate of drug-likeness (QED) is 0.234. The van der Waals surface area contributed by atoms with Gasteiger partial charge in [0.25, 0.3) is 5.91 Å². The zero-order valence-electron chi connectivity index (χ0n) is 25.4. The number of para-hydroxylation sites is 1. The normalized spacial score (nSPS) is 16.7. The number of hydrogen-bond donors (Lipinski definition) is 3. The monoisotopic (exact) mass is 631 g/mol. The number of anilines is 1. The van der Waals surface area contributed by atoms with Gasteiger partial charge in [0.2, 0.25) is 21.9 Å². The van der Waals surface area contributed by atoms with Gasteiger partial charge in [-0.25, -0.2) is 9.37 Å². The van der Waals surface area contributed by atoms with Crippen LogP contribution in [0, 0.1) is 11.2 Å². The number of fused-ring (bicyclic) bond motifs is 2. The van der Waals surface area contributed by atoms with Crippen LogP contribution in [0.4, 0.5) is 9.52 Å². The molecule has 2 amide bonds. The zero-order valence-corrected chi connectivity index (χ0v) is 26.2.